The van der Waals surface area contributed by atoms with E-state index in [4.69, 9.17) is 4.74 Å². The summed E-state index contributed by atoms with van der Waals surface area (Å²) in [6.45, 7) is 5.15. The van der Waals surface area contributed by atoms with Crippen LogP contribution in [-0.4, -0.2) is 34.8 Å². The molecule has 1 N–H and O–H groups in total. The number of aliphatic hydroxyl groups is 1. The van der Waals surface area contributed by atoms with E-state index in [9.17, 15) is 9.90 Å². The van der Waals surface area contributed by atoms with Gasteiger partial charge in [-0.3, -0.25) is 0 Å². The summed E-state index contributed by atoms with van der Waals surface area (Å²) in [6.07, 6.45) is 0.368. The van der Waals surface area contributed by atoms with E-state index >= 15 is 0 Å². The number of nitrogens with zero attached hydrogens (tertiary/aromatic N) is 1. The quantitative estimate of drug-likeness (QED) is 0.907. The monoisotopic (exact) mass is 263 g/mol. The molecule has 0 unspecified atom stereocenters. The van der Waals surface area contributed by atoms with Crippen LogP contribution in [0.4, 0.5) is 4.79 Å². The summed E-state index contributed by atoms with van der Waals surface area (Å²) in [5.41, 5.74) is 0.244. The fourth-order valence-electron chi connectivity index (χ4n) is 2.49. The molecule has 104 valence electrons. The smallest absolute Gasteiger partial charge is 0.410 e. The SMILES string of the molecule is CC(C)CC1(O)CN(C(=O)OCc2ccccc2)C1. The van der Waals surface area contributed by atoms with Gasteiger partial charge in [-0.05, 0) is 17.9 Å². The second-order valence-corrected chi connectivity index (χ2v) is 5.72. The largest absolute Gasteiger partial charge is 0.445 e. The van der Waals surface area contributed by atoms with Crippen molar-refractivity contribution in [2.24, 2.45) is 5.92 Å². The molecule has 0 radical (unpaired) electrons. The highest BCUT2D eigenvalue weighted by Crippen LogP contribution is 2.28. The Labute approximate surface area is 114 Å². The third-order valence-corrected chi connectivity index (χ3v) is 3.22. The van der Waals surface area contributed by atoms with E-state index in [2.05, 4.69) is 13.8 Å². The van der Waals surface area contributed by atoms with Crippen LogP contribution in [0.15, 0.2) is 30.3 Å². The minimum Gasteiger partial charge on any atom is -0.445 e. The molecular weight excluding hydrogens is 242 g/mol. The molecule has 4 nitrogen and oxygen atoms in total. The predicted octanol–water partition coefficient (Wildman–Crippen LogP) is 2.42. The maximum Gasteiger partial charge on any atom is 0.410 e. The van der Waals surface area contributed by atoms with Gasteiger partial charge in [0.1, 0.15) is 12.2 Å². The molecule has 1 aromatic carbocycles. The van der Waals surface area contributed by atoms with E-state index in [1.54, 1.807) is 4.90 Å². The average molecular weight is 263 g/mol. The Bertz CT molecular complexity index is 424. The van der Waals surface area contributed by atoms with Gasteiger partial charge in [-0.25, -0.2) is 4.79 Å². The number of benzene rings is 1. The molecule has 1 amide bonds. The first-order valence-corrected chi connectivity index (χ1v) is 6.66. The highest BCUT2D eigenvalue weighted by atomic mass is 16.6. The van der Waals surface area contributed by atoms with E-state index in [0.717, 1.165) is 12.0 Å². The van der Waals surface area contributed by atoms with Gasteiger partial charge in [0.15, 0.2) is 0 Å². The topological polar surface area (TPSA) is 49.8 Å². The minimum atomic E-state index is -0.722. The van der Waals surface area contributed by atoms with Crippen LogP contribution >= 0.6 is 0 Å². The number of ether oxygens (including phenoxy) is 1. The Morgan fingerprint density at radius 3 is 2.58 bits per heavy atom. The van der Waals surface area contributed by atoms with Gasteiger partial charge >= 0.3 is 6.09 Å². The normalized spacial score (nSPS) is 17.2. The fraction of sp³-hybridized carbons (Fsp3) is 0.533. The Morgan fingerprint density at radius 2 is 2.00 bits per heavy atom. The van der Waals surface area contributed by atoms with Crippen molar-refractivity contribution < 1.29 is 14.6 Å². The van der Waals surface area contributed by atoms with E-state index < -0.39 is 5.60 Å². The molecule has 1 aromatic rings. The van der Waals surface area contributed by atoms with Crippen LogP contribution in [0.5, 0.6) is 0 Å². The molecule has 0 atom stereocenters. The molecule has 0 bridgehead atoms. The van der Waals surface area contributed by atoms with Gasteiger partial charge in [0.25, 0.3) is 0 Å². The van der Waals surface area contributed by atoms with Crippen LogP contribution in [-0.2, 0) is 11.3 Å². The summed E-state index contributed by atoms with van der Waals surface area (Å²) in [4.78, 5) is 13.3. The Morgan fingerprint density at radius 1 is 1.37 bits per heavy atom. The van der Waals surface area contributed by atoms with Crippen molar-refractivity contribution in [1.29, 1.82) is 0 Å². The molecule has 1 aliphatic heterocycles. The Kier molecular flexibility index (Phi) is 4.10. The number of β-amino-alcohol motifs (C(OH)–C–C–N with tert-alkyl or cyclic N) is 1. The van der Waals surface area contributed by atoms with Gasteiger partial charge in [0.2, 0.25) is 0 Å². The predicted molar refractivity (Wildman–Crippen MR) is 72.6 cm³/mol. The lowest BCUT2D eigenvalue weighted by atomic mass is 9.86. The number of amides is 1. The van der Waals surface area contributed by atoms with Gasteiger partial charge in [0.05, 0.1) is 13.1 Å². The lowest BCUT2D eigenvalue weighted by molar-refractivity contribution is -0.100. The minimum absolute atomic E-state index is 0.277. The zero-order valence-electron chi connectivity index (χ0n) is 11.5. The van der Waals surface area contributed by atoms with Gasteiger partial charge in [-0.1, -0.05) is 44.2 Å². The highest BCUT2D eigenvalue weighted by Gasteiger charge is 2.44. The van der Waals surface area contributed by atoms with Crippen LogP contribution in [0, 0.1) is 5.92 Å². The number of hydrogen-bond donors (Lipinski definition) is 1. The van der Waals surface area contributed by atoms with Crippen molar-refractivity contribution in [3.63, 3.8) is 0 Å². The zero-order valence-corrected chi connectivity index (χ0v) is 11.5. The van der Waals surface area contributed by atoms with Crippen LogP contribution in [0.25, 0.3) is 0 Å². The number of rotatable bonds is 4. The number of likely N-dealkylation sites (tertiary alicyclic amines) is 1. The van der Waals surface area contributed by atoms with Crippen LogP contribution in [0.1, 0.15) is 25.8 Å². The summed E-state index contributed by atoms with van der Waals surface area (Å²) in [6, 6.07) is 9.58. The van der Waals surface area contributed by atoms with Crippen molar-refractivity contribution in [3.8, 4) is 0 Å². The molecule has 4 heteroatoms. The van der Waals surface area contributed by atoms with E-state index in [1.165, 1.54) is 0 Å². The number of carbonyl (C=O) groups excluding carboxylic acids is 1. The molecule has 0 saturated carbocycles. The summed E-state index contributed by atoms with van der Waals surface area (Å²) in [5, 5.41) is 10.1. The van der Waals surface area contributed by atoms with E-state index in [0.29, 0.717) is 19.0 Å². The van der Waals surface area contributed by atoms with Crippen LogP contribution < -0.4 is 0 Å². The van der Waals surface area contributed by atoms with Crippen molar-refractivity contribution in [3.05, 3.63) is 35.9 Å². The first-order valence-electron chi connectivity index (χ1n) is 6.66. The molecule has 0 aliphatic carbocycles. The van der Waals surface area contributed by atoms with Crippen molar-refractivity contribution >= 4 is 6.09 Å². The average Bonchev–Trinajstić information content (AvgIpc) is 2.33. The first kappa shape index (κ1) is 13.9. The summed E-state index contributed by atoms with van der Waals surface area (Å²) in [5.74, 6) is 0.424. The van der Waals surface area contributed by atoms with Crippen LogP contribution in [0.3, 0.4) is 0 Å². The first-order chi connectivity index (χ1) is 8.98. The summed E-state index contributed by atoms with van der Waals surface area (Å²) >= 11 is 0. The number of hydrogen-bond acceptors (Lipinski definition) is 3. The highest BCUT2D eigenvalue weighted by molar-refractivity contribution is 5.69. The third kappa shape index (κ3) is 3.70. The maximum absolute atomic E-state index is 11.8. The molecule has 1 saturated heterocycles. The van der Waals surface area contributed by atoms with Crippen molar-refractivity contribution in [2.75, 3.05) is 13.1 Å². The third-order valence-electron chi connectivity index (χ3n) is 3.22. The molecule has 19 heavy (non-hydrogen) atoms. The Balaban J connectivity index is 1.75. The molecule has 2 rings (SSSR count). The standard InChI is InChI=1S/C15H21NO3/c1-12(2)8-15(18)10-16(11-15)14(17)19-9-13-6-4-3-5-7-13/h3-7,12,18H,8-11H2,1-2H3. The molecule has 1 heterocycles. The molecular formula is C15H21NO3. The molecule has 1 fully saturated rings. The molecule has 1 aliphatic rings. The summed E-state index contributed by atoms with van der Waals surface area (Å²) < 4.78 is 5.21. The zero-order chi connectivity index (χ0) is 13.9. The maximum atomic E-state index is 11.8. The van der Waals surface area contributed by atoms with Gasteiger partial charge in [-0.15, -0.1) is 0 Å². The van der Waals surface area contributed by atoms with Gasteiger partial charge < -0.3 is 14.7 Å². The van der Waals surface area contributed by atoms with E-state index in [1.807, 2.05) is 30.3 Å². The number of carbonyl (C=O) groups is 1. The van der Waals surface area contributed by atoms with E-state index in [-0.39, 0.29) is 12.7 Å². The van der Waals surface area contributed by atoms with Crippen LogP contribution in [0.2, 0.25) is 0 Å². The molecule has 0 aromatic heterocycles. The lowest BCUT2D eigenvalue weighted by Crippen LogP contribution is -2.63. The second kappa shape index (κ2) is 5.61. The van der Waals surface area contributed by atoms with Gasteiger partial charge in [-0.2, -0.15) is 0 Å². The van der Waals surface area contributed by atoms with Crippen molar-refractivity contribution in [2.45, 2.75) is 32.5 Å². The van der Waals surface area contributed by atoms with Gasteiger partial charge in [0, 0.05) is 0 Å². The summed E-state index contributed by atoms with van der Waals surface area (Å²) in [7, 11) is 0. The Hall–Kier alpha value is -1.55. The fourth-order valence-corrected chi connectivity index (χ4v) is 2.49. The van der Waals surface area contributed by atoms with Crippen molar-refractivity contribution in [1.82, 2.24) is 4.90 Å². The lowest BCUT2D eigenvalue weighted by Gasteiger charge is -2.46. The second-order valence-electron chi connectivity index (χ2n) is 5.72. The molecule has 0 spiro atoms.